The predicted molar refractivity (Wildman–Crippen MR) is 113 cm³/mol. The van der Waals surface area contributed by atoms with Crippen molar-refractivity contribution in [2.24, 2.45) is 0 Å². The van der Waals surface area contributed by atoms with Crippen molar-refractivity contribution in [1.29, 1.82) is 0 Å². The third-order valence-corrected chi connectivity index (χ3v) is 5.00. The number of carbonyl (C=O) groups excluding carboxylic acids is 1. The van der Waals surface area contributed by atoms with Crippen molar-refractivity contribution < 1.29 is 14.9 Å². The van der Waals surface area contributed by atoms with Gasteiger partial charge in [0.1, 0.15) is 5.52 Å². The number of imidazole rings is 1. The molecule has 0 aliphatic heterocycles. The second-order valence-electron chi connectivity index (χ2n) is 7.01. The minimum absolute atomic E-state index is 0.131. The van der Waals surface area contributed by atoms with E-state index in [0.29, 0.717) is 22.3 Å². The predicted octanol–water partition coefficient (Wildman–Crippen LogP) is 4.72. The summed E-state index contributed by atoms with van der Waals surface area (Å²) in [6.45, 7) is 3.94. The highest BCUT2D eigenvalue weighted by Crippen LogP contribution is 2.27. The highest BCUT2D eigenvalue weighted by atomic mass is 16.6. The lowest BCUT2D eigenvalue weighted by atomic mass is 10.1. The Morgan fingerprint density at radius 2 is 1.77 bits per heavy atom. The van der Waals surface area contributed by atoms with E-state index >= 15 is 0 Å². The summed E-state index contributed by atoms with van der Waals surface area (Å²) in [7, 11) is 0. The molecule has 1 amide bonds. The third-order valence-electron chi connectivity index (χ3n) is 5.00. The lowest BCUT2D eigenvalue weighted by Crippen LogP contribution is -2.12. The van der Waals surface area contributed by atoms with Crippen LogP contribution in [0, 0.1) is 24.0 Å². The van der Waals surface area contributed by atoms with Gasteiger partial charge in [0.25, 0.3) is 11.6 Å². The van der Waals surface area contributed by atoms with E-state index in [0.717, 1.165) is 15.9 Å². The molecule has 4 aromatic rings. The van der Waals surface area contributed by atoms with Crippen LogP contribution in [0.15, 0.2) is 60.7 Å². The van der Waals surface area contributed by atoms with E-state index in [2.05, 4.69) is 10.3 Å². The maximum atomic E-state index is 12.5. The summed E-state index contributed by atoms with van der Waals surface area (Å²) in [4.78, 5) is 27.2. The number of rotatable bonds is 4. The van der Waals surface area contributed by atoms with Gasteiger partial charge >= 0.3 is 0 Å². The molecule has 0 spiro atoms. The summed E-state index contributed by atoms with van der Waals surface area (Å²) in [5, 5.41) is 24.2. The number of anilines is 1. The summed E-state index contributed by atoms with van der Waals surface area (Å²) in [6.07, 6.45) is 0. The molecule has 0 fully saturated rings. The van der Waals surface area contributed by atoms with Crippen LogP contribution in [0.5, 0.6) is 0 Å². The molecule has 8 heteroatoms. The van der Waals surface area contributed by atoms with Gasteiger partial charge in [-0.25, -0.2) is 4.98 Å². The number of nitrogens with zero attached hydrogens (tertiary/aromatic N) is 3. The fourth-order valence-electron chi connectivity index (χ4n) is 3.14. The Kier molecular flexibility index (Phi) is 4.67. The van der Waals surface area contributed by atoms with Crippen LogP contribution in [0.3, 0.4) is 0 Å². The second-order valence-corrected chi connectivity index (χ2v) is 7.01. The number of non-ortho nitro benzene ring substituents is 1. The number of nitro groups is 1. The smallest absolute Gasteiger partial charge is 0.271 e. The molecule has 0 bridgehead atoms. The molecule has 3 aromatic carbocycles. The fourth-order valence-corrected chi connectivity index (χ4v) is 3.14. The van der Waals surface area contributed by atoms with Gasteiger partial charge in [-0.15, -0.1) is 0 Å². The van der Waals surface area contributed by atoms with E-state index in [1.54, 1.807) is 30.3 Å². The zero-order valence-electron chi connectivity index (χ0n) is 16.3. The Hall–Kier alpha value is -4.20. The molecule has 0 saturated carbocycles. The molecule has 0 aliphatic rings. The number of hydrogen-bond donors (Lipinski definition) is 2. The van der Waals surface area contributed by atoms with Crippen LogP contribution in [0.1, 0.15) is 21.5 Å². The van der Waals surface area contributed by atoms with Crippen molar-refractivity contribution in [3.63, 3.8) is 0 Å². The van der Waals surface area contributed by atoms with Gasteiger partial charge in [-0.1, -0.05) is 6.07 Å². The van der Waals surface area contributed by atoms with Crippen LogP contribution in [-0.2, 0) is 0 Å². The summed E-state index contributed by atoms with van der Waals surface area (Å²) in [6, 6.07) is 16.4. The van der Waals surface area contributed by atoms with E-state index in [4.69, 9.17) is 0 Å². The maximum absolute atomic E-state index is 12.5. The van der Waals surface area contributed by atoms with E-state index in [1.165, 1.54) is 18.2 Å². The summed E-state index contributed by atoms with van der Waals surface area (Å²) in [5.74, 6) is 0.0325. The minimum atomic E-state index is -0.529. The van der Waals surface area contributed by atoms with Crippen LogP contribution in [0.2, 0.25) is 0 Å². The standard InChI is InChI=1S/C22H18N4O4/c1-13-3-4-16(11-14(13)2)22(27)23-17-7-5-15(6-8-17)21-24-19-10-9-18(26(29)30)12-20(19)25(21)28/h3-12,28H,1-2H3,(H,23,27). The zero-order chi connectivity index (χ0) is 21.4. The Labute approximate surface area is 171 Å². The normalized spacial score (nSPS) is 10.9. The molecule has 30 heavy (non-hydrogen) atoms. The first-order valence-corrected chi connectivity index (χ1v) is 9.18. The van der Waals surface area contributed by atoms with E-state index < -0.39 is 4.92 Å². The third kappa shape index (κ3) is 3.46. The molecular weight excluding hydrogens is 384 g/mol. The largest absolute Gasteiger partial charge is 0.426 e. The Bertz CT molecular complexity index is 1290. The fraction of sp³-hybridized carbons (Fsp3) is 0.0909. The molecule has 0 aliphatic carbocycles. The van der Waals surface area contributed by atoms with Crippen molar-refractivity contribution in [2.45, 2.75) is 13.8 Å². The molecular formula is C22H18N4O4. The first-order chi connectivity index (χ1) is 14.3. The molecule has 1 heterocycles. The first-order valence-electron chi connectivity index (χ1n) is 9.18. The van der Waals surface area contributed by atoms with Crippen LogP contribution in [0.4, 0.5) is 11.4 Å². The van der Waals surface area contributed by atoms with Gasteiger partial charge in [-0.3, -0.25) is 14.9 Å². The number of amides is 1. The summed E-state index contributed by atoms with van der Waals surface area (Å²) >= 11 is 0. The Morgan fingerprint density at radius 1 is 1.03 bits per heavy atom. The SMILES string of the molecule is Cc1ccc(C(=O)Nc2ccc(-c3nc4ccc([N+](=O)[O-])cc4n3O)cc2)cc1C. The van der Waals surface area contributed by atoms with Crippen molar-refractivity contribution in [1.82, 2.24) is 9.71 Å². The lowest BCUT2D eigenvalue weighted by molar-refractivity contribution is -0.384. The molecule has 0 unspecified atom stereocenters. The van der Waals surface area contributed by atoms with Crippen LogP contribution >= 0.6 is 0 Å². The average Bonchev–Trinajstić information content (AvgIpc) is 3.06. The lowest BCUT2D eigenvalue weighted by Gasteiger charge is -2.08. The average molecular weight is 402 g/mol. The number of nitro benzene ring substituents is 1. The van der Waals surface area contributed by atoms with Gasteiger partial charge in [0.15, 0.2) is 5.82 Å². The van der Waals surface area contributed by atoms with Gasteiger partial charge in [0.05, 0.1) is 10.4 Å². The summed E-state index contributed by atoms with van der Waals surface area (Å²) in [5.41, 5.74) is 4.47. The zero-order valence-corrected chi connectivity index (χ0v) is 16.3. The number of nitrogens with one attached hydrogen (secondary N) is 1. The van der Waals surface area contributed by atoms with Gasteiger partial charge in [0.2, 0.25) is 0 Å². The van der Waals surface area contributed by atoms with Crippen molar-refractivity contribution in [3.8, 4) is 11.4 Å². The number of benzene rings is 3. The number of fused-ring (bicyclic) bond motifs is 1. The molecule has 150 valence electrons. The van der Waals surface area contributed by atoms with Crippen molar-refractivity contribution in [3.05, 3.63) is 87.5 Å². The van der Waals surface area contributed by atoms with E-state index in [-0.39, 0.29) is 22.9 Å². The molecule has 2 N–H and O–H groups in total. The molecule has 1 aromatic heterocycles. The van der Waals surface area contributed by atoms with E-state index in [9.17, 15) is 20.1 Å². The number of carbonyl (C=O) groups is 1. The maximum Gasteiger partial charge on any atom is 0.271 e. The quantitative estimate of drug-likeness (QED) is 0.292. The van der Waals surface area contributed by atoms with Gasteiger partial charge < -0.3 is 10.5 Å². The Balaban J connectivity index is 1.59. The van der Waals surface area contributed by atoms with Crippen LogP contribution in [0.25, 0.3) is 22.4 Å². The first kappa shape index (κ1) is 19.1. The number of hydrogen-bond acceptors (Lipinski definition) is 5. The number of aryl methyl sites for hydroxylation is 2. The summed E-state index contributed by atoms with van der Waals surface area (Å²) < 4.78 is 0.824. The molecule has 0 saturated heterocycles. The van der Waals surface area contributed by atoms with Gasteiger partial charge in [-0.05, 0) is 67.4 Å². The van der Waals surface area contributed by atoms with Crippen LogP contribution in [-0.4, -0.2) is 25.8 Å². The van der Waals surface area contributed by atoms with E-state index in [1.807, 2.05) is 26.0 Å². The van der Waals surface area contributed by atoms with Crippen molar-refractivity contribution in [2.75, 3.05) is 5.32 Å². The monoisotopic (exact) mass is 402 g/mol. The van der Waals surface area contributed by atoms with Gasteiger partial charge in [-0.2, -0.15) is 4.73 Å². The minimum Gasteiger partial charge on any atom is -0.426 e. The topological polar surface area (TPSA) is 110 Å². The molecule has 4 rings (SSSR count). The highest BCUT2D eigenvalue weighted by molar-refractivity contribution is 6.04. The second kappa shape index (κ2) is 7.32. The van der Waals surface area contributed by atoms with Gasteiger partial charge in [0, 0.05) is 28.9 Å². The van der Waals surface area contributed by atoms with Crippen molar-refractivity contribution >= 4 is 28.3 Å². The molecule has 8 nitrogen and oxygen atoms in total. The highest BCUT2D eigenvalue weighted by Gasteiger charge is 2.16. The van der Waals surface area contributed by atoms with Crippen LogP contribution < -0.4 is 5.32 Å². The molecule has 0 atom stereocenters. The molecule has 0 radical (unpaired) electrons. The Morgan fingerprint density at radius 3 is 2.43 bits per heavy atom. The number of aromatic nitrogens is 2.